The number of benzene rings is 2. The van der Waals surface area contributed by atoms with Crippen LogP contribution in [-0.4, -0.2) is 11.6 Å². The number of halogens is 2. The van der Waals surface area contributed by atoms with E-state index in [2.05, 4.69) is 6.07 Å². The molecule has 0 saturated carbocycles. The second-order valence-electron chi connectivity index (χ2n) is 6.14. The second-order valence-corrected chi connectivity index (χ2v) is 6.55. The van der Waals surface area contributed by atoms with Crippen molar-refractivity contribution < 1.29 is 9.13 Å². The molecule has 0 aliphatic rings. The predicted molar refractivity (Wildman–Crippen MR) is 107 cm³/mol. The van der Waals surface area contributed by atoms with Gasteiger partial charge in [0.1, 0.15) is 11.6 Å². The van der Waals surface area contributed by atoms with Crippen LogP contribution < -0.4 is 0 Å². The summed E-state index contributed by atoms with van der Waals surface area (Å²) < 4.78 is 19.3. The topological polar surface area (TPSA) is 22.1 Å². The maximum absolute atomic E-state index is 13.5. The highest BCUT2D eigenvalue weighted by molar-refractivity contribution is 6.33. The van der Waals surface area contributed by atoms with E-state index in [0.717, 1.165) is 44.6 Å². The minimum absolute atomic E-state index is 0.347. The fourth-order valence-electron chi connectivity index (χ4n) is 3.16. The van der Waals surface area contributed by atoms with Crippen LogP contribution >= 0.6 is 11.6 Å². The van der Waals surface area contributed by atoms with Gasteiger partial charge in [-0.15, -0.1) is 0 Å². The molecular formula is C22H21ClFNO. The second kappa shape index (κ2) is 7.46. The molecule has 0 atom stereocenters. The van der Waals surface area contributed by atoms with E-state index < -0.39 is 0 Å². The summed E-state index contributed by atoms with van der Waals surface area (Å²) in [5, 5.41) is 1.36. The van der Waals surface area contributed by atoms with Crippen LogP contribution in [0.5, 0.6) is 0 Å². The molecule has 2 nitrogen and oxygen atoms in total. The van der Waals surface area contributed by atoms with E-state index in [1.165, 1.54) is 12.1 Å². The van der Waals surface area contributed by atoms with E-state index in [-0.39, 0.29) is 5.82 Å². The van der Waals surface area contributed by atoms with Crippen LogP contribution in [0.2, 0.25) is 5.02 Å². The monoisotopic (exact) mass is 369 g/mol. The molecule has 134 valence electrons. The van der Waals surface area contributed by atoms with E-state index in [1.807, 2.05) is 45.9 Å². The number of allylic oxidation sites excluding steroid dienone is 1. The summed E-state index contributed by atoms with van der Waals surface area (Å²) in [5.74, 6) is 0.475. The molecule has 0 unspecified atom stereocenters. The summed E-state index contributed by atoms with van der Waals surface area (Å²) in [6, 6.07) is 10.6. The first-order chi connectivity index (χ1) is 12.5. The minimum Gasteiger partial charge on any atom is -0.494 e. The van der Waals surface area contributed by atoms with Crippen molar-refractivity contribution in [3.05, 3.63) is 70.1 Å². The van der Waals surface area contributed by atoms with E-state index in [4.69, 9.17) is 21.3 Å². The fraction of sp³-hybridized carbons (Fsp3) is 0.227. The number of aromatic nitrogens is 1. The first-order valence-corrected chi connectivity index (χ1v) is 9.00. The lowest BCUT2D eigenvalue weighted by Crippen LogP contribution is -1.97. The lowest BCUT2D eigenvalue weighted by atomic mass is 9.94. The Morgan fingerprint density at radius 1 is 1.19 bits per heavy atom. The lowest BCUT2D eigenvalue weighted by molar-refractivity contribution is 0.297. The smallest absolute Gasteiger partial charge is 0.124 e. The van der Waals surface area contributed by atoms with Gasteiger partial charge in [0.15, 0.2) is 0 Å². The van der Waals surface area contributed by atoms with Crippen LogP contribution in [0.3, 0.4) is 0 Å². The largest absolute Gasteiger partial charge is 0.494 e. The average Bonchev–Trinajstić information content (AvgIpc) is 2.62. The first kappa shape index (κ1) is 18.4. The summed E-state index contributed by atoms with van der Waals surface area (Å²) in [4.78, 5) is 4.70. The van der Waals surface area contributed by atoms with Crippen LogP contribution in [0.15, 0.2) is 42.5 Å². The van der Waals surface area contributed by atoms with Gasteiger partial charge in [-0.25, -0.2) is 4.39 Å². The number of pyridine rings is 1. The van der Waals surface area contributed by atoms with E-state index >= 15 is 0 Å². The highest BCUT2D eigenvalue weighted by Gasteiger charge is 2.16. The van der Waals surface area contributed by atoms with Gasteiger partial charge in [-0.05, 0) is 81.3 Å². The quantitative estimate of drug-likeness (QED) is 0.477. The molecule has 3 rings (SSSR count). The molecule has 0 bridgehead atoms. The van der Waals surface area contributed by atoms with Crippen molar-refractivity contribution in [1.29, 1.82) is 0 Å². The van der Waals surface area contributed by atoms with Crippen molar-refractivity contribution in [2.45, 2.75) is 27.7 Å². The van der Waals surface area contributed by atoms with Crippen molar-refractivity contribution in [1.82, 2.24) is 4.98 Å². The maximum Gasteiger partial charge on any atom is 0.124 e. The Bertz CT molecular complexity index is 1010. The van der Waals surface area contributed by atoms with Gasteiger partial charge in [0, 0.05) is 22.2 Å². The highest BCUT2D eigenvalue weighted by atomic mass is 35.5. The van der Waals surface area contributed by atoms with Crippen LogP contribution in [0.4, 0.5) is 4.39 Å². The normalized spacial score (nSPS) is 11.8. The Labute approximate surface area is 158 Å². The van der Waals surface area contributed by atoms with Gasteiger partial charge in [-0.3, -0.25) is 4.98 Å². The van der Waals surface area contributed by atoms with Gasteiger partial charge in [-0.2, -0.15) is 0 Å². The zero-order valence-corrected chi connectivity index (χ0v) is 16.1. The summed E-state index contributed by atoms with van der Waals surface area (Å²) in [7, 11) is 0. The number of hydrogen-bond donors (Lipinski definition) is 0. The van der Waals surface area contributed by atoms with Gasteiger partial charge >= 0.3 is 0 Å². The maximum atomic E-state index is 13.5. The third-order valence-corrected chi connectivity index (χ3v) is 4.83. The van der Waals surface area contributed by atoms with Crippen molar-refractivity contribution in [3.8, 4) is 11.1 Å². The van der Waals surface area contributed by atoms with E-state index in [1.54, 1.807) is 6.07 Å². The number of rotatable bonds is 4. The van der Waals surface area contributed by atoms with E-state index in [0.29, 0.717) is 11.6 Å². The zero-order valence-electron chi connectivity index (χ0n) is 15.4. The molecule has 1 aromatic heterocycles. The average molecular weight is 370 g/mol. The van der Waals surface area contributed by atoms with Gasteiger partial charge in [0.2, 0.25) is 0 Å². The summed E-state index contributed by atoms with van der Waals surface area (Å²) in [5.41, 5.74) is 5.59. The van der Waals surface area contributed by atoms with Crippen molar-refractivity contribution in [2.75, 3.05) is 6.61 Å². The molecule has 0 spiro atoms. The number of fused-ring (bicyclic) bond motifs is 1. The molecule has 0 amide bonds. The molecule has 4 heteroatoms. The lowest BCUT2D eigenvalue weighted by Gasteiger charge is -2.16. The van der Waals surface area contributed by atoms with Gasteiger partial charge in [0.25, 0.3) is 0 Å². The molecule has 26 heavy (non-hydrogen) atoms. The van der Waals surface area contributed by atoms with Gasteiger partial charge < -0.3 is 4.74 Å². The minimum atomic E-state index is -0.347. The SMILES string of the molecule is CC=C(OCC)c1ccc2nc(C)c(C)c(-c3ccc(F)cc3Cl)c2c1. The predicted octanol–water partition coefficient (Wildman–Crippen LogP) is 6.71. The van der Waals surface area contributed by atoms with Gasteiger partial charge in [0.05, 0.1) is 17.1 Å². The summed E-state index contributed by atoms with van der Waals surface area (Å²) >= 11 is 6.37. The molecule has 0 aliphatic heterocycles. The Morgan fingerprint density at radius 2 is 1.96 bits per heavy atom. The Kier molecular flexibility index (Phi) is 5.28. The molecule has 0 aliphatic carbocycles. The number of nitrogens with zero attached hydrogens (tertiary/aromatic N) is 1. The molecule has 0 radical (unpaired) electrons. The van der Waals surface area contributed by atoms with Crippen LogP contribution in [0, 0.1) is 19.7 Å². The highest BCUT2D eigenvalue weighted by Crippen LogP contribution is 2.38. The molecule has 0 fully saturated rings. The molecule has 1 heterocycles. The molecule has 2 aromatic carbocycles. The van der Waals surface area contributed by atoms with E-state index in [9.17, 15) is 4.39 Å². The Morgan fingerprint density at radius 3 is 2.62 bits per heavy atom. The molecular weight excluding hydrogens is 349 g/mol. The summed E-state index contributed by atoms with van der Waals surface area (Å²) in [6.07, 6.45) is 1.95. The Hall–Kier alpha value is -2.39. The van der Waals surface area contributed by atoms with Crippen LogP contribution in [-0.2, 0) is 4.74 Å². The molecule has 0 saturated heterocycles. The standard InChI is InChI=1S/C22H21ClFNO/c1-5-21(26-6-2)15-7-10-20-18(11-15)22(13(3)14(4)25-20)17-9-8-16(24)12-19(17)23/h5,7-12H,6H2,1-4H3. The van der Waals surface area contributed by atoms with Crippen molar-refractivity contribution in [3.63, 3.8) is 0 Å². The third-order valence-electron chi connectivity index (χ3n) is 4.52. The number of ether oxygens (including phenoxy) is 1. The molecule has 0 N–H and O–H groups in total. The fourth-order valence-corrected chi connectivity index (χ4v) is 3.42. The zero-order chi connectivity index (χ0) is 18.8. The summed E-state index contributed by atoms with van der Waals surface area (Å²) in [6.45, 7) is 8.50. The van der Waals surface area contributed by atoms with Gasteiger partial charge in [-0.1, -0.05) is 11.6 Å². The van der Waals surface area contributed by atoms with Crippen LogP contribution in [0.1, 0.15) is 30.7 Å². The third kappa shape index (κ3) is 3.32. The first-order valence-electron chi connectivity index (χ1n) is 8.62. The number of hydrogen-bond acceptors (Lipinski definition) is 2. The Balaban J connectivity index is 2.34. The van der Waals surface area contributed by atoms with Crippen molar-refractivity contribution in [2.24, 2.45) is 0 Å². The molecule has 3 aromatic rings. The van der Waals surface area contributed by atoms with Crippen molar-refractivity contribution >= 4 is 28.3 Å². The number of aryl methyl sites for hydroxylation is 1. The van der Waals surface area contributed by atoms with Crippen LogP contribution in [0.25, 0.3) is 27.8 Å².